The number of allylic oxidation sites excluding steroid dienone is 1. The van der Waals surface area contributed by atoms with Gasteiger partial charge in [0.15, 0.2) is 17.3 Å². The van der Waals surface area contributed by atoms with Crippen molar-refractivity contribution in [2.45, 2.75) is 25.7 Å². The van der Waals surface area contributed by atoms with Crippen LogP contribution in [0, 0.1) is 0 Å². The van der Waals surface area contributed by atoms with Gasteiger partial charge in [-0.3, -0.25) is 4.79 Å². The summed E-state index contributed by atoms with van der Waals surface area (Å²) < 4.78 is 27.7. The number of rotatable bonds is 10. The fraction of sp³-hybridized carbons (Fsp3) is 0.300. The highest BCUT2D eigenvalue weighted by Crippen LogP contribution is 2.51. The predicted octanol–water partition coefficient (Wildman–Crippen LogP) is 3.62. The largest absolute Gasteiger partial charge is 0.497 e. The van der Waals surface area contributed by atoms with E-state index in [9.17, 15) is 20.1 Å². The molecule has 0 bridgehead atoms. The van der Waals surface area contributed by atoms with Crippen molar-refractivity contribution in [3.05, 3.63) is 80.9 Å². The molecule has 0 saturated carbocycles. The summed E-state index contributed by atoms with van der Waals surface area (Å²) in [5.41, 5.74) is 3.84. The van der Waals surface area contributed by atoms with E-state index in [1.54, 1.807) is 49.6 Å². The van der Waals surface area contributed by atoms with E-state index < -0.39 is 12.5 Å². The number of carbonyl (C=O) groups is 1. The molecule has 3 aromatic carbocycles. The van der Waals surface area contributed by atoms with Gasteiger partial charge in [0.25, 0.3) is 0 Å². The monoisotopic (exact) mass is 536 g/mol. The molecule has 39 heavy (non-hydrogen) atoms. The van der Waals surface area contributed by atoms with E-state index in [0.717, 1.165) is 0 Å². The van der Waals surface area contributed by atoms with Crippen molar-refractivity contribution in [1.82, 2.24) is 0 Å². The Labute approximate surface area is 226 Å². The Hall–Kier alpha value is -4.05. The van der Waals surface area contributed by atoms with Gasteiger partial charge in [-0.05, 0) is 47.5 Å². The van der Waals surface area contributed by atoms with Crippen molar-refractivity contribution < 1.29 is 43.8 Å². The fourth-order valence-corrected chi connectivity index (χ4v) is 5.19. The van der Waals surface area contributed by atoms with E-state index in [2.05, 4.69) is 0 Å². The number of ether oxygens (including phenoxy) is 5. The van der Waals surface area contributed by atoms with E-state index in [4.69, 9.17) is 23.7 Å². The normalized spacial score (nSPS) is 15.3. The zero-order valence-electron chi connectivity index (χ0n) is 22.5. The highest BCUT2D eigenvalue weighted by molar-refractivity contribution is 6.18. The lowest BCUT2D eigenvalue weighted by atomic mass is 9.85. The van der Waals surface area contributed by atoms with Crippen molar-refractivity contribution in [3.8, 4) is 28.7 Å². The van der Waals surface area contributed by atoms with Crippen LogP contribution >= 0.6 is 0 Å². The predicted molar refractivity (Wildman–Crippen MR) is 144 cm³/mol. The smallest absolute Gasteiger partial charge is 0.190 e. The average molecular weight is 537 g/mol. The number of carbonyl (C=O) groups excluding carboxylic acids is 1. The highest BCUT2D eigenvalue weighted by atomic mass is 16.5. The number of fused-ring (bicyclic) bond motifs is 1. The first kappa shape index (κ1) is 28.0. The summed E-state index contributed by atoms with van der Waals surface area (Å²) in [7, 11) is 7.53. The number of Topliss-reactive ketones (excluding diaryl/α,β-unsaturated/α-hetero) is 1. The van der Waals surface area contributed by atoms with Crippen molar-refractivity contribution >= 4 is 11.9 Å². The minimum atomic E-state index is -0.669. The summed E-state index contributed by atoms with van der Waals surface area (Å²) >= 11 is 0. The molecule has 0 radical (unpaired) electrons. The maximum absolute atomic E-state index is 14.0. The van der Waals surface area contributed by atoms with E-state index in [-0.39, 0.29) is 19.0 Å². The van der Waals surface area contributed by atoms with E-state index in [0.29, 0.717) is 73.3 Å². The van der Waals surface area contributed by atoms with Gasteiger partial charge in [-0.2, -0.15) is 0 Å². The number of methoxy groups -OCH3 is 5. The molecule has 9 heteroatoms. The van der Waals surface area contributed by atoms with E-state index in [1.165, 1.54) is 28.4 Å². The summed E-state index contributed by atoms with van der Waals surface area (Å²) in [5.74, 6) is 1.24. The highest BCUT2D eigenvalue weighted by Gasteiger charge is 2.40. The molecule has 9 nitrogen and oxygen atoms in total. The Morgan fingerprint density at radius 1 is 0.744 bits per heavy atom. The molecule has 0 amide bonds. The van der Waals surface area contributed by atoms with Crippen LogP contribution in [0.4, 0.5) is 0 Å². The van der Waals surface area contributed by atoms with Crippen LogP contribution in [0.5, 0.6) is 28.7 Å². The molecular weight excluding hydrogens is 504 g/mol. The molecule has 0 spiro atoms. The Balaban J connectivity index is 2.08. The van der Waals surface area contributed by atoms with Gasteiger partial charge in [-0.15, -0.1) is 0 Å². The van der Waals surface area contributed by atoms with Gasteiger partial charge in [-0.1, -0.05) is 0 Å². The third kappa shape index (κ3) is 4.80. The summed E-state index contributed by atoms with van der Waals surface area (Å²) in [6, 6.07) is 10.4. The molecule has 4 rings (SSSR count). The van der Waals surface area contributed by atoms with Gasteiger partial charge in [0.2, 0.25) is 0 Å². The average Bonchev–Trinajstić information content (AvgIpc) is 3.25. The molecule has 0 fully saturated rings. The van der Waals surface area contributed by atoms with Crippen LogP contribution in [0.1, 0.15) is 49.7 Å². The summed E-state index contributed by atoms with van der Waals surface area (Å²) in [4.78, 5) is 14.0. The SMILES string of the molecule is COc1ccc(C=C2C(=O)c3cc(CO)c(CO)c(OC)c3C2c2cc(CO)c(OC)c(OC)c2)c(OC)c1. The molecule has 0 saturated heterocycles. The number of aliphatic hydroxyl groups is 3. The van der Waals surface area contributed by atoms with Crippen molar-refractivity contribution in [2.24, 2.45) is 0 Å². The number of benzene rings is 3. The number of ketones is 1. The maximum Gasteiger partial charge on any atom is 0.190 e. The number of hydrogen-bond donors (Lipinski definition) is 3. The molecule has 3 N–H and O–H groups in total. The Morgan fingerprint density at radius 3 is 2.00 bits per heavy atom. The van der Waals surface area contributed by atoms with Crippen LogP contribution in [0.25, 0.3) is 6.08 Å². The summed E-state index contributed by atoms with van der Waals surface area (Å²) in [6.07, 6.45) is 1.75. The zero-order valence-corrected chi connectivity index (χ0v) is 22.5. The molecule has 1 atom stereocenters. The second-order valence-corrected chi connectivity index (χ2v) is 8.87. The molecule has 0 heterocycles. The zero-order chi connectivity index (χ0) is 28.3. The summed E-state index contributed by atoms with van der Waals surface area (Å²) in [5, 5.41) is 30.3. The number of aliphatic hydroxyl groups excluding tert-OH is 3. The molecule has 0 aromatic heterocycles. The van der Waals surface area contributed by atoms with Crippen molar-refractivity contribution in [1.29, 1.82) is 0 Å². The Bertz CT molecular complexity index is 1400. The third-order valence-corrected chi connectivity index (χ3v) is 6.99. The Kier molecular flexibility index (Phi) is 8.44. The fourth-order valence-electron chi connectivity index (χ4n) is 5.19. The first-order valence-corrected chi connectivity index (χ1v) is 12.2. The van der Waals surface area contributed by atoms with E-state index >= 15 is 0 Å². The van der Waals surface area contributed by atoms with Crippen LogP contribution in [-0.2, 0) is 19.8 Å². The van der Waals surface area contributed by atoms with Crippen LogP contribution in [-0.4, -0.2) is 56.7 Å². The standard InChI is InChI=1S/C30H32O9/c1-35-20-7-6-16(24(12-20)36-2)9-21-26(17-8-19(14-32)29(38-4)25(11-17)37-3)27-22(28(21)34)10-18(13-31)23(15-33)30(27)39-5/h6-12,26,31-33H,13-15H2,1-5H3. The first-order valence-electron chi connectivity index (χ1n) is 12.2. The third-order valence-electron chi connectivity index (χ3n) is 6.99. The Morgan fingerprint density at radius 2 is 1.44 bits per heavy atom. The van der Waals surface area contributed by atoms with Gasteiger partial charge in [-0.25, -0.2) is 0 Å². The molecule has 206 valence electrons. The molecule has 1 unspecified atom stereocenters. The van der Waals surface area contributed by atoms with Gasteiger partial charge in [0, 0.05) is 45.4 Å². The number of hydrogen-bond acceptors (Lipinski definition) is 9. The van der Waals surface area contributed by atoms with Crippen LogP contribution in [0.15, 0.2) is 42.0 Å². The molecular formula is C30H32O9. The topological polar surface area (TPSA) is 124 Å². The minimum absolute atomic E-state index is 0.273. The lowest BCUT2D eigenvalue weighted by Gasteiger charge is -2.22. The van der Waals surface area contributed by atoms with Crippen LogP contribution < -0.4 is 23.7 Å². The molecule has 1 aliphatic carbocycles. The second-order valence-electron chi connectivity index (χ2n) is 8.87. The lowest BCUT2D eigenvalue weighted by Crippen LogP contribution is -2.08. The van der Waals surface area contributed by atoms with Crippen molar-refractivity contribution in [2.75, 3.05) is 35.5 Å². The van der Waals surface area contributed by atoms with E-state index in [1.807, 2.05) is 0 Å². The summed E-state index contributed by atoms with van der Waals surface area (Å²) in [6.45, 7) is -1.10. The van der Waals surface area contributed by atoms with Crippen molar-refractivity contribution in [3.63, 3.8) is 0 Å². The first-order chi connectivity index (χ1) is 18.9. The quantitative estimate of drug-likeness (QED) is 0.333. The minimum Gasteiger partial charge on any atom is -0.497 e. The van der Waals surface area contributed by atoms with Gasteiger partial charge < -0.3 is 39.0 Å². The van der Waals surface area contributed by atoms with Crippen LogP contribution in [0.3, 0.4) is 0 Å². The van der Waals surface area contributed by atoms with Gasteiger partial charge >= 0.3 is 0 Å². The lowest BCUT2D eigenvalue weighted by molar-refractivity contribution is 0.103. The van der Waals surface area contributed by atoms with Gasteiger partial charge in [0.1, 0.15) is 17.2 Å². The molecule has 1 aliphatic rings. The van der Waals surface area contributed by atoms with Crippen LogP contribution in [0.2, 0.25) is 0 Å². The molecule has 0 aliphatic heterocycles. The second kappa shape index (κ2) is 11.8. The van der Waals surface area contributed by atoms with Gasteiger partial charge in [0.05, 0.1) is 55.4 Å². The maximum atomic E-state index is 14.0. The molecule has 3 aromatic rings.